The number of hydrogen-bond donors (Lipinski definition) is 0. The second kappa shape index (κ2) is 6.64. The van der Waals surface area contributed by atoms with Gasteiger partial charge in [-0.1, -0.05) is 24.3 Å². The topological polar surface area (TPSA) is 32.8 Å². The lowest BCUT2D eigenvalue weighted by molar-refractivity contribution is 0.0185. The third-order valence-corrected chi connectivity index (χ3v) is 6.63. The highest BCUT2D eigenvalue weighted by molar-refractivity contribution is 7.80. The van der Waals surface area contributed by atoms with E-state index in [1.165, 1.54) is 23.5 Å². The molecule has 5 rings (SSSR count). The number of rotatable bonds is 2. The zero-order valence-corrected chi connectivity index (χ0v) is 17.2. The predicted octanol–water partition coefficient (Wildman–Crippen LogP) is 5.37. The summed E-state index contributed by atoms with van der Waals surface area (Å²) < 4.78 is 19.9. The molecule has 0 N–H and O–H groups in total. The second-order valence-corrected chi connectivity index (χ2v) is 8.59. The number of halogens is 1. The van der Waals surface area contributed by atoms with E-state index in [9.17, 15) is 9.18 Å². The Kier molecular flexibility index (Phi) is 4.18. The standard InChI is InChI=1S/C22H17FN2O2S2/c1-22-13-17(16-5-2-3-6-18(16)27-22)24(20(26)19-7-4-12-29-19)21(28)25(22)15-10-8-14(23)9-11-15/h2-12,17H,13H2,1H3/t17-,22-/m0/s1. The first-order valence-electron chi connectivity index (χ1n) is 9.23. The van der Waals surface area contributed by atoms with E-state index in [0.717, 1.165) is 11.3 Å². The average molecular weight is 425 g/mol. The van der Waals surface area contributed by atoms with Gasteiger partial charge in [0.2, 0.25) is 0 Å². The first kappa shape index (κ1) is 18.3. The molecule has 2 bridgehead atoms. The van der Waals surface area contributed by atoms with Crippen LogP contribution < -0.4 is 9.64 Å². The summed E-state index contributed by atoms with van der Waals surface area (Å²) in [5.41, 5.74) is 0.830. The Balaban J connectivity index is 1.68. The average Bonchev–Trinajstić information content (AvgIpc) is 3.24. The van der Waals surface area contributed by atoms with Crippen LogP contribution in [0.2, 0.25) is 0 Å². The highest BCUT2D eigenvalue weighted by atomic mass is 32.1. The number of anilines is 1. The molecule has 2 aromatic carbocycles. The first-order chi connectivity index (χ1) is 14.0. The summed E-state index contributed by atoms with van der Waals surface area (Å²) in [6.45, 7) is 1.96. The molecule has 7 heteroatoms. The van der Waals surface area contributed by atoms with Crippen molar-refractivity contribution in [2.24, 2.45) is 0 Å². The molecule has 1 aromatic heterocycles. The molecule has 3 aromatic rings. The molecule has 2 aliphatic heterocycles. The Morgan fingerprint density at radius 1 is 1.17 bits per heavy atom. The molecule has 3 heterocycles. The molecular weight excluding hydrogens is 407 g/mol. The second-order valence-electron chi connectivity index (χ2n) is 7.28. The lowest BCUT2D eigenvalue weighted by atomic mass is 9.88. The number of thiophene rings is 1. The van der Waals surface area contributed by atoms with Crippen LogP contribution in [0.25, 0.3) is 0 Å². The smallest absolute Gasteiger partial charge is 0.270 e. The zero-order valence-electron chi connectivity index (χ0n) is 15.5. The third kappa shape index (κ3) is 2.84. The van der Waals surface area contributed by atoms with E-state index in [1.54, 1.807) is 23.1 Å². The van der Waals surface area contributed by atoms with Gasteiger partial charge in [0, 0.05) is 17.7 Å². The normalized spacial score (nSPS) is 22.8. The largest absolute Gasteiger partial charge is 0.467 e. The van der Waals surface area contributed by atoms with E-state index >= 15 is 0 Å². The van der Waals surface area contributed by atoms with Crippen LogP contribution in [0, 0.1) is 5.82 Å². The summed E-state index contributed by atoms with van der Waals surface area (Å²) >= 11 is 7.22. The van der Waals surface area contributed by atoms with Gasteiger partial charge in [-0.25, -0.2) is 4.39 Å². The Morgan fingerprint density at radius 2 is 1.93 bits per heavy atom. The van der Waals surface area contributed by atoms with Crippen molar-refractivity contribution in [3.63, 3.8) is 0 Å². The van der Waals surface area contributed by atoms with Gasteiger partial charge in [0.25, 0.3) is 5.91 Å². The number of para-hydroxylation sites is 1. The van der Waals surface area contributed by atoms with Crippen LogP contribution in [0.3, 0.4) is 0 Å². The van der Waals surface area contributed by atoms with Crippen molar-refractivity contribution >= 4 is 40.3 Å². The van der Waals surface area contributed by atoms with Crippen LogP contribution >= 0.6 is 23.6 Å². The molecule has 1 amide bonds. The molecule has 0 aliphatic carbocycles. The van der Waals surface area contributed by atoms with Gasteiger partial charge in [-0.2, -0.15) is 0 Å². The maximum atomic E-state index is 13.5. The van der Waals surface area contributed by atoms with Gasteiger partial charge >= 0.3 is 0 Å². The monoisotopic (exact) mass is 424 g/mol. The van der Waals surface area contributed by atoms with Crippen molar-refractivity contribution in [2.45, 2.75) is 25.1 Å². The molecule has 4 nitrogen and oxygen atoms in total. The number of benzene rings is 2. The molecule has 146 valence electrons. The summed E-state index contributed by atoms with van der Waals surface area (Å²) in [6, 6.07) is 17.2. The minimum absolute atomic E-state index is 0.138. The summed E-state index contributed by atoms with van der Waals surface area (Å²) in [4.78, 5) is 17.6. The molecule has 1 saturated heterocycles. The molecule has 0 spiro atoms. The van der Waals surface area contributed by atoms with E-state index in [0.29, 0.717) is 22.1 Å². The number of amides is 1. The molecule has 0 radical (unpaired) electrons. The lowest BCUT2D eigenvalue weighted by Crippen LogP contribution is -2.67. The van der Waals surface area contributed by atoms with Gasteiger partial charge in [-0.05, 0) is 60.9 Å². The molecule has 0 unspecified atom stereocenters. The summed E-state index contributed by atoms with van der Waals surface area (Å²) in [6.07, 6.45) is 0.540. The van der Waals surface area contributed by atoms with Crippen LogP contribution in [0.1, 0.15) is 34.6 Å². The Labute approximate surface area is 177 Å². The van der Waals surface area contributed by atoms with E-state index in [4.69, 9.17) is 17.0 Å². The van der Waals surface area contributed by atoms with Crippen molar-refractivity contribution in [3.8, 4) is 5.75 Å². The van der Waals surface area contributed by atoms with Crippen molar-refractivity contribution < 1.29 is 13.9 Å². The minimum Gasteiger partial charge on any atom is -0.467 e. The van der Waals surface area contributed by atoms with Crippen LogP contribution in [0.4, 0.5) is 10.1 Å². The molecule has 1 fully saturated rings. The summed E-state index contributed by atoms with van der Waals surface area (Å²) in [5.74, 6) is 0.256. The number of fused-ring (bicyclic) bond motifs is 4. The summed E-state index contributed by atoms with van der Waals surface area (Å²) in [7, 11) is 0. The van der Waals surface area contributed by atoms with Crippen LogP contribution in [0.15, 0.2) is 66.0 Å². The highest BCUT2D eigenvalue weighted by Crippen LogP contribution is 2.49. The highest BCUT2D eigenvalue weighted by Gasteiger charge is 2.53. The fourth-order valence-corrected chi connectivity index (χ4v) is 5.30. The van der Waals surface area contributed by atoms with Crippen LogP contribution in [-0.4, -0.2) is 21.6 Å². The number of nitrogens with zero attached hydrogens (tertiary/aromatic N) is 2. The van der Waals surface area contributed by atoms with E-state index in [2.05, 4.69) is 0 Å². The number of thiocarbonyl (C=S) groups is 1. The lowest BCUT2D eigenvalue weighted by Gasteiger charge is -2.55. The van der Waals surface area contributed by atoms with Crippen molar-refractivity contribution in [2.75, 3.05) is 4.90 Å². The third-order valence-electron chi connectivity index (χ3n) is 5.40. The quantitative estimate of drug-likeness (QED) is 0.518. The Morgan fingerprint density at radius 3 is 2.66 bits per heavy atom. The van der Waals surface area contributed by atoms with E-state index in [-0.39, 0.29) is 17.8 Å². The van der Waals surface area contributed by atoms with Gasteiger partial charge in [0.05, 0.1) is 10.9 Å². The van der Waals surface area contributed by atoms with E-state index < -0.39 is 5.72 Å². The van der Waals surface area contributed by atoms with Gasteiger partial charge in [0.15, 0.2) is 10.8 Å². The number of ether oxygens (including phenoxy) is 1. The fraction of sp³-hybridized carbons (Fsp3) is 0.182. The number of carbonyl (C=O) groups excluding carboxylic acids is 1. The minimum atomic E-state index is -0.792. The van der Waals surface area contributed by atoms with Crippen molar-refractivity contribution in [1.82, 2.24) is 4.90 Å². The molecule has 2 atom stereocenters. The maximum Gasteiger partial charge on any atom is 0.270 e. The van der Waals surface area contributed by atoms with Crippen LogP contribution in [0.5, 0.6) is 5.75 Å². The van der Waals surface area contributed by atoms with Gasteiger partial charge in [-0.15, -0.1) is 11.3 Å². The van der Waals surface area contributed by atoms with Gasteiger partial charge in [-0.3, -0.25) is 14.6 Å². The number of carbonyl (C=O) groups is 1. The Bertz CT molecular complexity index is 1100. The van der Waals surface area contributed by atoms with Crippen molar-refractivity contribution in [1.29, 1.82) is 0 Å². The number of hydrogen-bond acceptors (Lipinski definition) is 4. The predicted molar refractivity (Wildman–Crippen MR) is 115 cm³/mol. The maximum absolute atomic E-state index is 13.5. The van der Waals surface area contributed by atoms with E-state index in [1.807, 2.05) is 47.5 Å². The zero-order chi connectivity index (χ0) is 20.2. The molecular formula is C22H17FN2O2S2. The van der Waals surface area contributed by atoms with Gasteiger partial charge in [0.1, 0.15) is 11.6 Å². The Hall–Kier alpha value is -2.77. The van der Waals surface area contributed by atoms with Crippen LogP contribution in [-0.2, 0) is 0 Å². The molecule has 2 aliphatic rings. The van der Waals surface area contributed by atoms with Gasteiger partial charge < -0.3 is 4.74 Å². The summed E-state index contributed by atoms with van der Waals surface area (Å²) in [5, 5.41) is 2.23. The molecule has 29 heavy (non-hydrogen) atoms. The molecule has 0 saturated carbocycles. The SMILES string of the molecule is C[C@@]12C[C@@H](c3ccccc3O1)N(C(=O)c1cccs1)C(=S)N2c1ccc(F)cc1. The fourth-order valence-electron chi connectivity index (χ4n) is 4.13. The van der Waals surface area contributed by atoms with Crippen molar-refractivity contribution in [3.05, 3.63) is 82.3 Å². The first-order valence-corrected chi connectivity index (χ1v) is 10.5.